The molecule has 0 unspecified atom stereocenters. The van der Waals surface area contributed by atoms with Gasteiger partial charge in [0.2, 0.25) is 0 Å². The molecule has 0 aliphatic carbocycles. The van der Waals surface area contributed by atoms with Crippen molar-refractivity contribution < 1.29 is 4.79 Å². The van der Waals surface area contributed by atoms with Crippen LogP contribution in [0, 0.1) is 0 Å². The lowest BCUT2D eigenvalue weighted by molar-refractivity contribution is -0.110. The second kappa shape index (κ2) is 8.21. The van der Waals surface area contributed by atoms with Crippen LogP contribution in [0.4, 0.5) is 0 Å². The van der Waals surface area contributed by atoms with E-state index in [9.17, 15) is 4.79 Å². The highest BCUT2D eigenvalue weighted by Crippen LogP contribution is 2.07. The van der Waals surface area contributed by atoms with E-state index in [-0.39, 0.29) is 5.12 Å². The van der Waals surface area contributed by atoms with E-state index in [2.05, 4.69) is 12.6 Å². The molecule has 11 heavy (non-hydrogen) atoms. The van der Waals surface area contributed by atoms with Gasteiger partial charge in [-0.3, -0.25) is 4.79 Å². The summed E-state index contributed by atoms with van der Waals surface area (Å²) < 4.78 is 0. The zero-order valence-electron chi connectivity index (χ0n) is 6.75. The third-order valence-electron chi connectivity index (χ3n) is 1.09. The normalized spacial score (nSPS) is 10.7. The lowest BCUT2D eigenvalue weighted by Gasteiger charge is -1.94. The molecule has 0 rings (SSSR count). The number of rotatable bonds is 5. The molecule has 0 aromatic heterocycles. The number of thioether (sulfide) groups is 1. The monoisotopic (exact) mass is 190 g/mol. The molecule has 0 bridgehead atoms. The molecule has 0 heterocycles. The summed E-state index contributed by atoms with van der Waals surface area (Å²) >= 11 is 5.46. The van der Waals surface area contributed by atoms with Gasteiger partial charge in [0.05, 0.1) is 0 Å². The zero-order valence-corrected chi connectivity index (χ0v) is 8.46. The number of allylic oxidation sites excluding steroid dienone is 2. The molecule has 0 amide bonds. The van der Waals surface area contributed by atoms with Crippen molar-refractivity contribution in [3.63, 3.8) is 0 Å². The molecule has 1 nitrogen and oxygen atoms in total. The van der Waals surface area contributed by atoms with Crippen molar-refractivity contribution in [3.8, 4) is 0 Å². The van der Waals surface area contributed by atoms with Gasteiger partial charge in [-0.05, 0) is 19.1 Å². The fourth-order valence-electron chi connectivity index (χ4n) is 0.524. The molecule has 0 N–H and O–H groups in total. The van der Waals surface area contributed by atoms with Crippen LogP contribution in [0.2, 0.25) is 0 Å². The molecule has 0 aromatic carbocycles. The summed E-state index contributed by atoms with van der Waals surface area (Å²) in [5.41, 5.74) is 0. The van der Waals surface area contributed by atoms with Gasteiger partial charge >= 0.3 is 0 Å². The number of carbonyl (C=O) groups excluding carboxylic acids is 1. The number of hydrogen-bond acceptors (Lipinski definition) is 3. The summed E-state index contributed by atoms with van der Waals surface area (Å²) in [7, 11) is 0. The Bertz CT molecular complexity index is 132. The predicted molar refractivity (Wildman–Crippen MR) is 55.4 cm³/mol. The Balaban J connectivity index is 3.23. The van der Waals surface area contributed by atoms with E-state index in [4.69, 9.17) is 0 Å². The Morgan fingerprint density at radius 1 is 1.64 bits per heavy atom. The van der Waals surface area contributed by atoms with Crippen molar-refractivity contribution >= 4 is 29.5 Å². The first-order valence-electron chi connectivity index (χ1n) is 3.69. The van der Waals surface area contributed by atoms with Gasteiger partial charge in [-0.15, -0.1) is 0 Å². The molecule has 64 valence electrons. The second-order valence-electron chi connectivity index (χ2n) is 2.07. The standard InChI is InChI=1S/C8H14OS2/c1-2-3-5-8(9)11-7-4-6-10/h2-3,10H,4-7H2,1H3/b3-2+. The summed E-state index contributed by atoms with van der Waals surface area (Å²) in [5.74, 6) is 1.77. The Kier molecular flexibility index (Phi) is 8.29. The Morgan fingerprint density at radius 3 is 2.91 bits per heavy atom. The highest BCUT2D eigenvalue weighted by molar-refractivity contribution is 8.13. The minimum absolute atomic E-state index is 0.255. The van der Waals surface area contributed by atoms with Crippen molar-refractivity contribution in [2.75, 3.05) is 11.5 Å². The molecule has 0 aliphatic rings. The summed E-state index contributed by atoms with van der Waals surface area (Å²) in [6, 6.07) is 0. The summed E-state index contributed by atoms with van der Waals surface area (Å²) in [6.45, 7) is 1.92. The average molecular weight is 190 g/mol. The topological polar surface area (TPSA) is 17.1 Å². The smallest absolute Gasteiger partial charge is 0.192 e. The average Bonchev–Trinajstić information content (AvgIpc) is 2.01. The summed E-state index contributed by atoms with van der Waals surface area (Å²) in [5, 5.41) is 0.255. The van der Waals surface area contributed by atoms with Gasteiger partial charge < -0.3 is 0 Å². The van der Waals surface area contributed by atoms with Crippen LogP contribution in [0.1, 0.15) is 19.8 Å². The van der Waals surface area contributed by atoms with Gasteiger partial charge in [-0.1, -0.05) is 23.9 Å². The molecule has 3 heteroatoms. The first-order valence-corrected chi connectivity index (χ1v) is 5.30. The fourth-order valence-corrected chi connectivity index (χ4v) is 1.63. The van der Waals surface area contributed by atoms with E-state index in [0.717, 1.165) is 17.9 Å². The van der Waals surface area contributed by atoms with E-state index >= 15 is 0 Å². The molecule has 0 radical (unpaired) electrons. The third kappa shape index (κ3) is 8.01. The van der Waals surface area contributed by atoms with Crippen LogP contribution in [-0.4, -0.2) is 16.6 Å². The molecule has 0 spiro atoms. The maximum absolute atomic E-state index is 11.0. The molecular weight excluding hydrogens is 176 g/mol. The van der Waals surface area contributed by atoms with Gasteiger partial charge in [0.1, 0.15) is 0 Å². The zero-order chi connectivity index (χ0) is 8.53. The molecule has 0 atom stereocenters. The van der Waals surface area contributed by atoms with Crippen LogP contribution in [0.3, 0.4) is 0 Å². The fraction of sp³-hybridized carbons (Fsp3) is 0.625. The van der Waals surface area contributed by atoms with Crippen molar-refractivity contribution in [2.45, 2.75) is 19.8 Å². The molecular formula is C8H14OS2. The summed E-state index contributed by atoms with van der Waals surface area (Å²) in [4.78, 5) is 11.0. The van der Waals surface area contributed by atoms with E-state index in [1.807, 2.05) is 19.1 Å². The van der Waals surface area contributed by atoms with Crippen LogP contribution >= 0.6 is 24.4 Å². The molecule has 0 aromatic rings. The highest BCUT2D eigenvalue weighted by atomic mass is 32.2. The van der Waals surface area contributed by atoms with Crippen molar-refractivity contribution in [2.24, 2.45) is 0 Å². The number of carbonyl (C=O) groups is 1. The first-order chi connectivity index (χ1) is 5.31. The Labute approximate surface area is 78.0 Å². The maximum atomic E-state index is 11.0. The lowest BCUT2D eigenvalue weighted by atomic mass is 10.4. The molecule has 0 aliphatic heterocycles. The quantitative estimate of drug-likeness (QED) is 0.407. The van der Waals surface area contributed by atoms with Crippen molar-refractivity contribution in [1.29, 1.82) is 0 Å². The van der Waals surface area contributed by atoms with E-state index in [0.29, 0.717) is 6.42 Å². The van der Waals surface area contributed by atoms with E-state index < -0.39 is 0 Å². The van der Waals surface area contributed by atoms with Crippen molar-refractivity contribution in [1.82, 2.24) is 0 Å². The minimum Gasteiger partial charge on any atom is -0.287 e. The number of thiol groups is 1. The molecule has 0 saturated carbocycles. The maximum Gasteiger partial charge on any atom is 0.192 e. The van der Waals surface area contributed by atoms with Gasteiger partial charge in [0.25, 0.3) is 0 Å². The van der Waals surface area contributed by atoms with E-state index in [1.54, 1.807) is 0 Å². The van der Waals surface area contributed by atoms with Gasteiger partial charge in [0, 0.05) is 12.2 Å². The van der Waals surface area contributed by atoms with Crippen LogP contribution in [0.15, 0.2) is 12.2 Å². The predicted octanol–water partition coefficient (Wildman–Crippen LogP) is 2.53. The summed E-state index contributed by atoms with van der Waals surface area (Å²) in [6.07, 6.45) is 5.36. The number of hydrogen-bond donors (Lipinski definition) is 1. The molecule has 0 fully saturated rings. The Morgan fingerprint density at radius 2 is 2.36 bits per heavy atom. The molecule has 0 saturated heterocycles. The van der Waals surface area contributed by atoms with Crippen LogP contribution < -0.4 is 0 Å². The second-order valence-corrected chi connectivity index (χ2v) is 3.67. The lowest BCUT2D eigenvalue weighted by Crippen LogP contribution is -1.91. The van der Waals surface area contributed by atoms with Crippen LogP contribution in [-0.2, 0) is 4.79 Å². The minimum atomic E-state index is 0.255. The largest absolute Gasteiger partial charge is 0.287 e. The van der Waals surface area contributed by atoms with Gasteiger partial charge in [-0.25, -0.2) is 0 Å². The first kappa shape index (κ1) is 11.1. The van der Waals surface area contributed by atoms with Crippen LogP contribution in [0.5, 0.6) is 0 Å². The van der Waals surface area contributed by atoms with Crippen LogP contribution in [0.25, 0.3) is 0 Å². The van der Waals surface area contributed by atoms with Gasteiger partial charge in [0.15, 0.2) is 5.12 Å². The van der Waals surface area contributed by atoms with Crippen molar-refractivity contribution in [3.05, 3.63) is 12.2 Å². The third-order valence-corrected chi connectivity index (χ3v) is 2.38. The Hall–Kier alpha value is 0.110. The van der Waals surface area contributed by atoms with E-state index in [1.165, 1.54) is 11.8 Å². The highest BCUT2D eigenvalue weighted by Gasteiger charge is 1.97. The van der Waals surface area contributed by atoms with Gasteiger partial charge in [-0.2, -0.15) is 12.6 Å². The SMILES string of the molecule is C/C=C/CC(=O)SCCCS.